The summed E-state index contributed by atoms with van der Waals surface area (Å²) in [6.45, 7) is 1.81. The Hall–Kier alpha value is -3.35. The quantitative estimate of drug-likeness (QED) is 0.714. The Morgan fingerprint density at radius 2 is 1.65 bits per heavy atom. The molecule has 1 saturated carbocycles. The van der Waals surface area contributed by atoms with Crippen LogP contribution in [-0.2, 0) is 14.3 Å². The summed E-state index contributed by atoms with van der Waals surface area (Å²) < 4.78 is 5.52. The van der Waals surface area contributed by atoms with E-state index in [9.17, 15) is 14.4 Å². The van der Waals surface area contributed by atoms with Gasteiger partial charge in [0.25, 0.3) is 0 Å². The van der Waals surface area contributed by atoms with Crippen molar-refractivity contribution < 1.29 is 24.2 Å². The Morgan fingerprint density at radius 1 is 1.10 bits per heavy atom. The van der Waals surface area contributed by atoms with Gasteiger partial charge in [-0.05, 0) is 42.0 Å². The molecule has 2 aromatic carbocycles. The van der Waals surface area contributed by atoms with Gasteiger partial charge in [-0.2, -0.15) is 0 Å². The van der Waals surface area contributed by atoms with Gasteiger partial charge in [-0.25, -0.2) is 9.59 Å². The van der Waals surface area contributed by atoms with E-state index in [0.717, 1.165) is 22.3 Å². The summed E-state index contributed by atoms with van der Waals surface area (Å²) in [6.07, 6.45) is 0.660. The smallest absolute Gasteiger partial charge is 0.407 e. The molecule has 2 aliphatic rings. The largest absolute Gasteiger partial charge is 0.480 e. The lowest BCUT2D eigenvalue weighted by Crippen LogP contribution is -2.47. The Labute approximate surface area is 181 Å². The van der Waals surface area contributed by atoms with E-state index in [1.54, 1.807) is 0 Å². The summed E-state index contributed by atoms with van der Waals surface area (Å²) in [5.74, 6) is -1.35. The third-order valence-corrected chi connectivity index (χ3v) is 6.48. The fraction of sp³-hybridized carbons (Fsp3) is 0.375. The molecule has 4 rings (SSSR count). The normalized spacial score (nSPS) is 16.6. The number of carbonyl (C=O) groups excluding carboxylic acids is 2. The van der Waals surface area contributed by atoms with Gasteiger partial charge in [0.2, 0.25) is 5.91 Å². The monoisotopic (exact) mass is 422 g/mol. The van der Waals surface area contributed by atoms with Crippen LogP contribution in [0.15, 0.2) is 48.5 Å². The van der Waals surface area contributed by atoms with E-state index in [2.05, 4.69) is 29.6 Å². The van der Waals surface area contributed by atoms with Crippen LogP contribution < -0.4 is 5.32 Å². The highest BCUT2D eigenvalue weighted by atomic mass is 16.5. The maximum Gasteiger partial charge on any atom is 0.407 e. The summed E-state index contributed by atoms with van der Waals surface area (Å²) in [4.78, 5) is 37.5. The zero-order valence-electron chi connectivity index (χ0n) is 17.6. The summed E-state index contributed by atoms with van der Waals surface area (Å²) in [7, 11) is 1.48. The van der Waals surface area contributed by atoms with Gasteiger partial charge in [-0.15, -0.1) is 0 Å². The fourth-order valence-corrected chi connectivity index (χ4v) is 4.22. The molecule has 7 nitrogen and oxygen atoms in total. The number of aliphatic carboxylic acids is 1. The fourth-order valence-electron chi connectivity index (χ4n) is 4.22. The lowest BCUT2D eigenvalue weighted by molar-refractivity contribution is -0.150. The standard InChI is InChI=1S/C24H26N2O5/c1-15(21(27)28)26(2)22(29)24(11-12-24)14-25-23(30)31-13-20-18-9-5-3-7-16(18)17-8-4-6-10-19(17)20/h3-10,15,20H,11-14H2,1-2H3,(H,25,30)(H,27,28). The third-order valence-electron chi connectivity index (χ3n) is 6.48. The second-order valence-corrected chi connectivity index (χ2v) is 8.39. The first-order chi connectivity index (χ1) is 14.8. The Morgan fingerprint density at radius 3 is 2.16 bits per heavy atom. The first kappa shape index (κ1) is 20.9. The average molecular weight is 422 g/mol. The predicted octanol–water partition coefficient (Wildman–Crippen LogP) is 3.24. The number of carboxylic acids is 1. The van der Waals surface area contributed by atoms with Crippen molar-refractivity contribution in [2.45, 2.75) is 31.7 Å². The van der Waals surface area contributed by atoms with Gasteiger partial charge in [0.05, 0.1) is 5.41 Å². The number of alkyl carbamates (subject to hydrolysis) is 1. The van der Waals surface area contributed by atoms with E-state index < -0.39 is 23.5 Å². The summed E-state index contributed by atoms with van der Waals surface area (Å²) >= 11 is 0. The number of hydrogen-bond donors (Lipinski definition) is 2. The van der Waals surface area contributed by atoms with Crippen molar-refractivity contribution in [2.75, 3.05) is 20.2 Å². The van der Waals surface area contributed by atoms with Crippen molar-refractivity contribution in [1.29, 1.82) is 0 Å². The number of likely N-dealkylation sites (N-methyl/N-ethyl adjacent to an activating group) is 1. The zero-order valence-corrected chi connectivity index (χ0v) is 17.6. The topological polar surface area (TPSA) is 95.9 Å². The molecular formula is C24H26N2O5. The van der Waals surface area contributed by atoms with Gasteiger partial charge in [0, 0.05) is 19.5 Å². The molecule has 7 heteroatoms. The van der Waals surface area contributed by atoms with Gasteiger partial charge in [0.15, 0.2) is 0 Å². The van der Waals surface area contributed by atoms with Crippen LogP contribution in [0.4, 0.5) is 4.79 Å². The second kappa shape index (κ2) is 8.06. The molecule has 1 unspecified atom stereocenters. The molecular weight excluding hydrogens is 396 g/mol. The average Bonchev–Trinajstić information content (AvgIpc) is 3.51. The summed E-state index contributed by atoms with van der Waals surface area (Å²) in [5, 5.41) is 11.8. The number of nitrogens with zero attached hydrogens (tertiary/aromatic N) is 1. The molecule has 0 heterocycles. The molecule has 0 bridgehead atoms. The van der Waals surface area contributed by atoms with Crippen molar-refractivity contribution in [2.24, 2.45) is 5.41 Å². The number of rotatable bonds is 7. The van der Waals surface area contributed by atoms with Crippen molar-refractivity contribution in [1.82, 2.24) is 10.2 Å². The Bertz CT molecular complexity index is 985. The molecule has 1 atom stereocenters. The van der Waals surface area contributed by atoms with Crippen LogP contribution >= 0.6 is 0 Å². The van der Waals surface area contributed by atoms with Crippen LogP contribution in [0.2, 0.25) is 0 Å². The van der Waals surface area contributed by atoms with Crippen LogP contribution in [0.3, 0.4) is 0 Å². The first-order valence-electron chi connectivity index (χ1n) is 10.4. The Kier molecular flexibility index (Phi) is 5.43. The van der Waals surface area contributed by atoms with Crippen LogP contribution in [0, 0.1) is 5.41 Å². The highest BCUT2D eigenvalue weighted by Gasteiger charge is 2.52. The van der Waals surface area contributed by atoms with Crippen LogP contribution in [-0.4, -0.2) is 54.2 Å². The molecule has 0 spiro atoms. The number of carbonyl (C=O) groups is 3. The van der Waals surface area contributed by atoms with Gasteiger partial charge in [0.1, 0.15) is 12.6 Å². The van der Waals surface area contributed by atoms with Crippen LogP contribution in [0.1, 0.15) is 36.8 Å². The maximum atomic E-state index is 12.7. The molecule has 31 heavy (non-hydrogen) atoms. The molecule has 162 valence electrons. The highest BCUT2D eigenvalue weighted by Crippen LogP contribution is 2.47. The van der Waals surface area contributed by atoms with Crippen LogP contribution in [0.5, 0.6) is 0 Å². The molecule has 0 aliphatic heterocycles. The molecule has 0 aromatic heterocycles. The lowest BCUT2D eigenvalue weighted by atomic mass is 9.98. The molecule has 2 aromatic rings. The van der Waals surface area contributed by atoms with Crippen molar-refractivity contribution in [3.63, 3.8) is 0 Å². The number of ether oxygens (including phenoxy) is 1. The lowest BCUT2D eigenvalue weighted by Gasteiger charge is -2.26. The van der Waals surface area contributed by atoms with E-state index in [0.29, 0.717) is 12.8 Å². The number of nitrogens with one attached hydrogen (secondary N) is 1. The number of amides is 2. The zero-order chi connectivity index (χ0) is 22.2. The summed E-state index contributed by atoms with van der Waals surface area (Å²) in [6, 6.07) is 15.3. The molecule has 2 aliphatic carbocycles. The number of fused-ring (bicyclic) bond motifs is 3. The van der Waals surface area contributed by atoms with Gasteiger partial charge in [-0.1, -0.05) is 48.5 Å². The minimum absolute atomic E-state index is 0.0304. The molecule has 0 radical (unpaired) electrons. The van der Waals surface area contributed by atoms with Crippen molar-refractivity contribution in [3.8, 4) is 11.1 Å². The van der Waals surface area contributed by atoms with Crippen molar-refractivity contribution in [3.05, 3.63) is 59.7 Å². The van der Waals surface area contributed by atoms with E-state index in [-0.39, 0.29) is 25.0 Å². The molecule has 1 fully saturated rings. The van der Waals surface area contributed by atoms with E-state index in [4.69, 9.17) is 9.84 Å². The molecule has 2 amide bonds. The number of benzene rings is 2. The SMILES string of the molecule is CC(C(=O)O)N(C)C(=O)C1(CNC(=O)OCC2c3ccccc3-c3ccccc32)CC1. The minimum atomic E-state index is -1.06. The number of carboxylic acid groups (broad SMARTS) is 1. The van der Waals surface area contributed by atoms with Gasteiger partial charge < -0.3 is 20.1 Å². The third kappa shape index (κ3) is 3.87. The molecule has 0 saturated heterocycles. The maximum absolute atomic E-state index is 12.7. The van der Waals surface area contributed by atoms with E-state index in [1.165, 1.54) is 18.9 Å². The molecule has 2 N–H and O–H groups in total. The Balaban J connectivity index is 1.35. The van der Waals surface area contributed by atoms with Crippen LogP contribution in [0.25, 0.3) is 11.1 Å². The van der Waals surface area contributed by atoms with Gasteiger partial charge >= 0.3 is 12.1 Å². The number of hydrogen-bond acceptors (Lipinski definition) is 4. The second-order valence-electron chi connectivity index (χ2n) is 8.39. The highest BCUT2D eigenvalue weighted by molar-refractivity contribution is 5.89. The van der Waals surface area contributed by atoms with E-state index in [1.807, 2.05) is 24.3 Å². The van der Waals surface area contributed by atoms with Crippen molar-refractivity contribution >= 4 is 18.0 Å². The van der Waals surface area contributed by atoms with E-state index >= 15 is 0 Å². The summed E-state index contributed by atoms with van der Waals surface area (Å²) in [5.41, 5.74) is 3.85. The minimum Gasteiger partial charge on any atom is -0.480 e. The first-order valence-corrected chi connectivity index (χ1v) is 10.4. The predicted molar refractivity (Wildman–Crippen MR) is 115 cm³/mol. The van der Waals surface area contributed by atoms with Gasteiger partial charge in [-0.3, -0.25) is 4.79 Å².